The van der Waals surface area contributed by atoms with Gasteiger partial charge in [0.25, 0.3) is 0 Å². The van der Waals surface area contributed by atoms with Gasteiger partial charge in [-0.1, -0.05) is 24.3 Å². The van der Waals surface area contributed by atoms with Crippen molar-refractivity contribution in [1.82, 2.24) is 15.1 Å². The van der Waals surface area contributed by atoms with E-state index in [-0.39, 0.29) is 11.7 Å². The van der Waals surface area contributed by atoms with Gasteiger partial charge in [-0.15, -0.1) is 10.2 Å². The average molecular weight is 731 g/mol. The Hall–Kier alpha value is -3.72. The molecule has 9 unspecified atom stereocenters. The smallest absolute Gasteiger partial charge is 0.306 e. The fourth-order valence-corrected chi connectivity index (χ4v) is 13.5. The predicted molar refractivity (Wildman–Crippen MR) is 212 cm³/mol. The van der Waals surface area contributed by atoms with E-state index < -0.39 is 0 Å². The lowest BCUT2D eigenvalue weighted by Gasteiger charge is -2.66. The van der Waals surface area contributed by atoms with Crippen molar-refractivity contribution in [2.24, 2.45) is 63.7 Å². The third kappa shape index (κ3) is 5.90. The van der Waals surface area contributed by atoms with Crippen LogP contribution >= 0.6 is 0 Å². The molecular weight excluding hydrogens is 673 g/mol. The average Bonchev–Trinajstić information content (AvgIpc) is 3.48. The summed E-state index contributed by atoms with van der Waals surface area (Å²) in [4.78, 5) is 23.0. The zero-order valence-corrected chi connectivity index (χ0v) is 32.0. The van der Waals surface area contributed by atoms with Crippen molar-refractivity contribution in [2.45, 2.75) is 90.0 Å². The number of allylic oxidation sites excluding steroid dienone is 4. The number of rotatable bonds is 9. The van der Waals surface area contributed by atoms with Crippen molar-refractivity contribution < 1.29 is 14.6 Å². The van der Waals surface area contributed by atoms with Gasteiger partial charge in [0.1, 0.15) is 5.75 Å². The molecule has 9 heteroatoms. The van der Waals surface area contributed by atoms with Crippen LogP contribution in [0.15, 0.2) is 58.7 Å². The summed E-state index contributed by atoms with van der Waals surface area (Å²) in [5, 5.41) is 19.2. The number of hydrogen-bond acceptors (Lipinski definition) is 9. The number of para-hydroxylation sites is 1. The number of aliphatic imine (C=N–C) groups is 1. The number of nitrogens with two attached hydrogens (primary N) is 1. The second-order valence-corrected chi connectivity index (χ2v) is 18.5. The number of nitrogens with zero attached hydrogens (tertiary/aromatic N) is 5. The molecule has 6 heterocycles. The zero-order chi connectivity index (χ0) is 36.6. The third-order valence-corrected chi connectivity index (χ3v) is 16.1. The van der Waals surface area contributed by atoms with E-state index in [9.17, 15) is 9.90 Å². The highest BCUT2D eigenvalue weighted by atomic mass is 16.5. The molecule has 0 spiro atoms. The number of aromatic nitrogens is 2. The minimum atomic E-state index is 0.0225. The summed E-state index contributed by atoms with van der Waals surface area (Å²) >= 11 is 0. The number of ether oxygens (including phenoxy) is 1. The maximum atomic E-state index is 12.3. The molecule has 5 saturated carbocycles. The fraction of sp³-hybridized carbons (Fsp3) is 0.644. The van der Waals surface area contributed by atoms with Gasteiger partial charge in [-0.2, -0.15) is 0 Å². The van der Waals surface area contributed by atoms with Crippen LogP contribution in [0.1, 0.15) is 84.0 Å². The number of anilines is 2. The number of hydrogen-bond donors (Lipinski definition) is 2. The Morgan fingerprint density at radius 3 is 2.65 bits per heavy atom. The summed E-state index contributed by atoms with van der Waals surface area (Å²) in [5.74, 6) is 7.11. The first-order valence-corrected chi connectivity index (χ1v) is 21.4. The van der Waals surface area contributed by atoms with E-state index in [4.69, 9.17) is 15.5 Å². The van der Waals surface area contributed by atoms with Gasteiger partial charge in [0, 0.05) is 56.1 Å². The minimum absolute atomic E-state index is 0.0225. The van der Waals surface area contributed by atoms with E-state index in [1.54, 1.807) is 6.07 Å². The van der Waals surface area contributed by atoms with Crippen LogP contribution in [0.2, 0.25) is 0 Å². The van der Waals surface area contributed by atoms with Crippen LogP contribution in [0.4, 0.5) is 11.5 Å². The van der Waals surface area contributed by atoms with Crippen molar-refractivity contribution >= 4 is 23.7 Å². The lowest BCUT2D eigenvalue weighted by Crippen LogP contribution is -2.61. The van der Waals surface area contributed by atoms with Crippen molar-refractivity contribution in [3.8, 4) is 17.0 Å². The molecule has 5 aliphatic heterocycles. The van der Waals surface area contributed by atoms with Crippen molar-refractivity contribution in [3.05, 3.63) is 53.8 Å². The molecule has 1 aromatic carbocycles. The Kier molecular flexibility index (Phi) is 8.87. The number of carbonyl (C=O) groups excluding carboxylic acids is 1. The number of esters is 1. The van der Waals surface area contributed by atoms with E-state index in [1.807, 2.05) is 31.2 Å². The highest BCUT2D eigenvalue weighted by molar-refractivity contribution is 5.80. The largest absolute Gasteiger partial charge is 0.507 e. The molecule has 0 radical (unpaired) electrons. The molecule has 4 saturated heterocycles. The van der Waals surface area contributed by atoms with Crippen LogP contribution in [0, 0.1) is 58.7 Å². The van der Waals surface area contributed by atoms with Gasteiger partial charge in [0.05, 0.1) is 18.0 Å². The lowest BCUT2D eigenvalue weighted by atomic mass is 9.37. The quantitative estimate of drug-likeness (QED) is 0.253. The first-order chi connectivity index (χ1) is 26.4. The Morgan fingerprint density at radius 1 is 0.981 bits per heavy atom. The van der Waals surface area contributed by atoms with Crippen LogP contribution in [-0.2, 0) is 9.53 Å². The third-order valence-electron chi connectivity index (χ3n) is 16.1. The second kappa shape index (κ2) is 13.8. The molecule has 3 N–H and O–H groups in total. The topological polar surface area (TPSA) is 117 Å². The lowest BCUT2D eigenvalue weighted by molar-refractivity contribution is -0.169. The highest BCUT2D eigenvalue weighted by Crippen LogP contribution is 2.72. The molecule has 1 aromatic heterocycles. The molecule has 8 bridgehead atoms. The first kappa shape index (κ1) is 34.7. The Morgan fingerprint density at radius 2 is 1.81 bits per heavy atom. The molecule has 5 aliphatic carbocycles. The van der Waals surface area contributed by atoms with E-state index >= 15 is 0 Å². The SMILES string of the molecule is CCOC(=O)CC1CC2CN([C@H]3CC[C@H](C4=C/CC/C=C(CC56CC7CN(c8cc(-c9ccccc9O)nnc8N)CC5CC76)/N=C\4)CC3)CC3CC2C13. The molecule has 10 aliphatic rings. The molecule has 2 aromatic rings. The van der Waals surface area contributed by atoms with Crippen molar-refractivity contribution in [1.29, 1.82) is 0 Å². The van der Waals surface area contributed by atoms with Gasteiger partial charge in [0.15, 0.2) is 5.82 Å². The Labute approximate surface area is 320 Å². The summed E-state index contributed by atoms with van der Waals surface area (Å²) in [6, 6.07) is 10.1. The van der Waals surface area contributed by atoms with Gasteiger partial charge >= 0.3 is 5.97 Å². The summed E-state index contributed by atoms with van der Waals surface area (Å²) in [5.41, 5.74) is 11.9. The van der Waals surface area contributed by atoms with Gasteiger partial charge < -0.3 is 20.5 Å². The van der Waals surface area contributed by atoms with E-state index in [1.165, 1.54) is 75.7 Å². The van der Waals surface area contributed by atoms with Gasteiger partial charge in [-0.3, -0.25) is 14.7 Å². The zero-order valence-electron chi connectivity index (χ0n) is 32.0. The van der Waals surface area contributed by atoms with Crippen LogP contribution in [0.25, 0.3) is 11.3 Å². The second-order valence-electron chi connectivity index (χ2n) is 18.5. The summed E-state index contributed by atoms with van der Waals surface area (Å²) in [6.45, 7) is 6.91. The van der Waals surface area contributed by atoms with E-state index in [0.717, 1.165) is 73.7 Å². The standard InChI is InChI=1S/C45H58N6O3/c1-2-54-42(53)17-29-15-30-23-50(24-31-16-37(30)43(29)31)35-13-11-27(12-14-35)28-7-3-4-8-34(47-22-28)21-45-20-32-25-51(26-33(45)18-38(32)45)40-19-39(48-49-44(40)46)36-9-5-6-10-41(36)52/h5-10,19,22,27,29-33,35,37-38,43,52H,2-4,11-18,20-21,23-26H2,1H3,(H2,46,49)/b28-7+,34-8+,47-22-/t27-,29?,30?,31?,32?,33?,35-,37?,38?,43?,45?. The number of benzene rings is 1. The first-order valence-electron chi connectivity index (χ1n) is 21.4. The van der Waals surface area contributed by atoms with Gasteiger partial charge in [0.2, 0.25) is 0 Å². The predicted octanol–water partition coefficient (Wildman–Crippen LogP) is 7.67. The van der Waals surface area contributed by atoms with Crippen LogP contribution in [-0.4, -0.2) is 71.2 Å². The van der Waals surface area contributed by atoms with E-state index in [2.05, 4.69) is 38.4 Å². The monoisotopic (exact) mass is 730 g/mol. The van der Waals surface area contributed by atoms with Gasteiger partial charge in [-0.05, 0) is 160 Å². The summed E-state index contributed by atoms with van der Waals surface area (Å²) < 4.78 is 5.34. The van der Waals surface area contributed by atoms with Crippen LogP contribution in [0.5, 0.6) is 5.75 Å². The van der Waals surface area contributed by atoms with E-state index in [0.29, 0.717) is 59.2 Å². The minimum Gasteiger partial charge on any atom is -0.507 e. The number of phenolic OH excluding ortho intramolecular Hbond substituents is 1. The molecule has 54 heavy (non-hydrogen) atoms. The Balaban J connectivity index is 0.754. The maximum absolute atomic E-state index is 12.3. The number of fused-ring (bicyclic) bond motifs is 4. The van der Waals surface area contributed by atoms with Crippen LogP contribution in [0.3, 0.4) is 0 Å². The van der Waals surface area contributed by atoms with Gasteiger partial charge in [-0.25, -0.2) is 0 Å². The molecule has 0 amide bonds. The molecule has 12 rings (SSSR count). The Bertz CT molecular complexity index is 1870. The molecule has 286 valence electrons. The number of carbonyl (C=O) groups is 1. The molecule has 9 fully saturated rings. The number of phenols is 1. The molecule has 9 atom stereocenters. The van der Waals surface area contributed by atoms with Crippen molar-refractivity contribution in [3.63, 3.8) is 0 Å². The summed E-state index contributed by atoms with van der Waals surface area (Å²) in [7, 11) is 0. The highest BCUT2D eigenvalue weighted by Gasteiger charge is 2.67. The number of nitrogen functional groups attached to an aromatic ring is 1. The summed E-state index contributed by atoms with van der Waals surface area (Å²) in [6.07, 6.45) is 21.5. The fourth-order valence-electron chi connectivity index (χ4n) is 13.5. The van der Waals surface area contributed by atoms with Crippen LogP contribution < -0.4 is 10.6 Å². The van der Waals surface area contributed by atoms with Crippen molar-refractivity contribution in [2.75, 3.05) is 43.4 Å². The molecular formula is C45H58N6O3. The normalized spacial score (nSPS) is 40.5. The maximum Gasteiger partial charge on any atom is 0.306 e. The number of aromatic hydroxyl groups is 1. The molecule has 9 nitrogen and oxygen atoms in total.